The maximum Gasteiger partial charge on any atom is 0.335 e. The van der Waals surface area contributed by atoms with Gasteiger partial charge in [-0.1, -0.05) is 42.5 Å². The molecular weight excluding hydrogens is 384 g/mol. The molecule has 0 unspecified atom stereocenters. The zero-order valence-electron chi connectivity index (χ0n) is 15.3. The van der Waals surface area contributed by atoms with E-state index in [9.17, 15) is 9.59 Å². The van der Waals surface area contributed by atoms with Gasteiger partial charge >= 0.3 is 5.97 Å². The zero-order chi connectivity index (χ0) is 20.0. The predicted octanol–water partition coefficient (Wildman–Crippen LogP) is 4.77. The number of aromatic nitrogens is 2. The largest absolute Gasteiger partial charge is 0.478 e. The highest BCUT2D eigenvalue weighted by Gasteiger charge is 2.23. The van der Waals surface area contributed by atoms with Gasteiger partial charge in [0.1, 0.15) is 10.7 Å². The van der Waals surface area contributed by atoms with Gasteiger partial charge in [0.2, 0.25) is 0 Å². The fraction of sp³-hybridized carbons (Fsp3) is 0.0870. The van der Waals surface area contributed by atoms with E-state index in [4.69, 9.17) is 10.1 Å². The summed E-state index contributed by atoms with van der Waals surface area (Å²) in [6.45, 7) is 0.597. The molecule has 4 aromatic rings. The van der Waals surface area contributed by atoms with E-state index in [0.29, 0.717) is 17.8 Å². The van der Waals surface area contributed by atoms with Crippen LogP contribution in [-0.4, -0.2) is 20.6 Å². The molecule has 29 heavy (non-hydrogen) atoms. The molecule has 2 aromatic heterocycles. The Morgan fingerprint density at radius 3 is 2.59 bits per heavy atom. The van der Waals surface area contributed by atoms with Crippen molar-refractivity contribution in [3.05, 3.63) is 87.3 Å². The lowest BCUT2D eigenvalue weighted by atomic mass is 10.1. The van der Waals surface area contributed by atoms with Crippen molar-refractivity contribution in [2.24, 2.45) is 0 Å². The van der Waals surface area contributed by atoms with Crippen molar-refractivity contribution in [1.29, 1.82) is 0 Å². The fourth-order valence-corrected chi connectivity index (χ4v) is 4.65. The SMILES string of the molecule is O=C(O)c1ccc(/C=C2/CCn3c2nc2scc(-c4ccccc4)c2c3=O)cc1. The molecular formula is C23H16N2O3S. The van der Waals surface area contributed by atoms with Crippen molar-refractivity contribution in [1.82, 2.24) is 9.55 Å². The lowest BCUT2D eigenvalue weighted by molar-refractivity contribution is 0.0697. The Kier molecular flexibility index (Phi) is 4.14. The van der Waals surface area contributed by atoms with Gasteiger partial charge in [-0.05, 0) is 41.3 Å². The number of carbonyl (C=O) groups is 1. The van der Waals surface area contributed by atoms with Crippen LogP contribution in [0.2, 0.25) is 0 Å². The smallest absolute Gasteiger partial charge is 0.335 e. The maximum atomic E-state index is 13.2. The second-order valence-electron chi connectivity index (χ2n) is 6.93. The van der Waals surface area contributed by atoms with E-state index in [-0.39, 0.29) is 11.1 Å². The van der Waals surface area contributed by atoms with Crippen LogP contribution in [0.25, 0.3) is 33.0 Å². The van der Waals surface area contributed by atoms with Crippen LogP contribution >= 0.6 is 11.3 Å². The number of carboxylic acid groups (broad SMARTS) is 1. The molecule has 0 bridgehead atoms. The summed E-state index contributed by atoms with van der Waals surface area (Å²) in [7, 11) is 0. The molecule has 0 radical (unpaired) electrons. The summed E-state index contributed by atoms with van der Waals surface area (Å²) in [6.07, 6.45) is 2.70. The Morgan fingerprint density at radius 1 is 1.10 bits per heavy atom. The van der Waals surface area contributed by atoms with Crippen LogP contribution in [0.3, 0.4) is 0 Å². The van der Waals surface area contributed by atoms with Gasteiger partial charge < -0.3 is 5.11 Å². The van der Waals surface area contributed by atoms with Crippen molar-refractivity contribution in [2.45, 2.75) is 13.0 Å². The molecule has 0 spiro atoms. The second kappa shape index (κ2) is 6.83. The van der Waals surface area contributed by atoms with Crippen LogP contribution in [0.15, 0.2) is 64.8 Å². The first-order chi connectivity index (χ1) is 14.1. The van der Waals surface area contributed by atoms with E-state index < -0.39 is 5.97 Å². The molecule has 0 aliphatic carbocycles. The van der Waals surface area contributed by atoms with Crippen LogP contribution in [-0.2, 0) is 6.54 Å². The van der Waals surface area contributed by atoms with Crippen LogP contribution in [0.4, 0.5) is 0 Å². The van der Waals surface area contributed by atoms with E-state index in [0.717, 1.165) is 33.5 Å². The molecule has 2 aromatic carbocycles. The van der Waals surface area contributed by atoms with Crippen molar-refractivity contribution in [2.75, 3.05) is 0 Å². The minimum Gasteiger partial charge on any atom is -0.478 e. The van der Waals surface area contributed by atoms with Crippen LogP contribution in [0.5, 0.6) is 0 Å². The normalized spacial score (nSPS) is 14.4. The first-order valence-corrected chi connectivity index (χ1v) is 10.1. The number of hydrogen-bond donors (Lipinski definition) is 1. The first kappa shape index (κ1) is 17.6. The summed E-state index contributed by atoms with van der Waals surface area (Å²) in [6, 6.07) is 16.6. The second-order valence-corrected chi connectivity index (χ2v) is 7.79. The highest BCUT2D eigenvalue weighted by Crippen LogP contribution is 2.34. The Morgan fingerprint density at radius 2 is 1.86 bits per heavy atom. The standard InChI is InChI=1S/C23H16N2O3S/c26-22-19-18(15-4-2-1-3-5-15)13-29-21(19)24-20-17(10-11-25(20)22)12-14-6-8-16(9-7-14)23(27)28/h1-9,12-13H,10-11H2,(H,27,28)/b17-12-. The van der Waals surface area contributed by atoms with Crippen LogP contribution in [0.1, 0.15) is 28.2 Å². The van der Waals surface area contributed by atoms with Gasteiger partial charge in [-0.15, -0.1) is 11.3 Å². The summed E-state index contributed by atoms with van der Waals surface area (Å²) in [4.78, 5) is 29.8. The Bertz CT molecular complexity index is 1330. The van der Waals surface area contributed by atoms with Gasteiger partial charge in [0.25, 0.3) is 5.56 Å². The monoisotopic (exact) mass is 400 g/mol. The Labute approximate surface area is 170 Å². The summed E-state index contributed by atoms with van der Waals surface area (Å²) >= 11 is 1.49. The van der Waals surface area contributed by atoms with Crippen molar-refractivity contribution in [3.63, 3.8) is 0 Å². The summed E-state index contributed by atoms with van der Waals surface area (Å²) in [5.41, 5.74) is 4.08. The van der Waals surface area contributed by atoms with E-state index in [1.54, 1.807) is 28.8 Å². The number of carboxylic acids is 1. The third kappa shape index (κ3) is 2.98. The average Bonchev–Trinajstić information content (AvgIpc) is 3.34. The first-order valence-electron chi connectivity index (χ1n) is 9.23. The number of benzene rings is 2. The molecule has 0 fully saturated rings. The topological polar surface area (TPSA) is 72.2 Å². The molecule has 3 heterocycles. The molecule has 1 aliphatic rings. The molecule has 5 nitrogen and oxygen atoms in total. The lowest BCUT2D eigenvalue weighted by Crippen LogP contribution is -2.20. The molecule has 0 amide bonds. The van der Waals surface area contributed by atoms with E-state index in [2.05, 4.69) is 0 Å². The number of fused-ring (bicyclic) bond motifs is 2. The Balaban J connectivity index is 1.61. The van der Waals surface area contributed by atoms with Crippen LogP contribution < -0.4 is 5.56 Å². The third-order valence-electron chi connectivity index (χ3n) is 5.17. The quantitative estimate of drug-likeness (QED) is 0.538. The molecule has 1 N–H and O–H groups in total. The summed E-state index contributed by atoms with van der Waals surface area (Å²) < 4.78 is 1.75. The van der Waals surface area contributed by atoms with E-state index in [1.165, 1.54) is 11.3 Å². The molecule has 0 saturated carbocycles. The number of rotatable bonds is 3. The van der Waals surface area contributed by atoms with Gasteiger partial charge in [-0.25, -0.2) is 9.78 Å². The number of hydrogen-bond acceptors (Lipinski definition) is 4. The number of nitrogens with zero attached hydrogens (tertiary/aromatic N) is 2. The van der Waals surface area contributed by atoms with Crippen molar-refractivity contribution >= 4 is 39.2 Å². The highest BCUT2D eigenvalue weighted by molar-refractivity contribution is 7.17. The van der Waals surface area contributed by atoms with Crippen molar-refractivity contribution in [3.8, 4) is 11.1 Å². The predicted molar refractivity (Wildman–Crippen MR) is 115 cm³/mol. The van der Waals surface area contributed by atoms with Crippen LogP contribution in [0, 0.1) is 0 Å². The summed E-state index contributed by atoms with van der Waals surface area (Å²) in [5.74, 6) is -0.246. The zero-order valence-corrected chi connectivity index (χ0v) is 16.1. The summed E-state index contributed by atoms with van der Waals surface area (Å²) in [5, 5.41) is 11.7. The number of aromatic carboxylic acids is 1. The van der Waals surface area contributed by atoms with Crippen molar-refractivity contribution < 1.29 is 9.90 Å². The minimum absolute atomic E-state index is 0.00488. The fourth-order valence-electron chi connectivity index (χ4n) is 3.71. The molecule has 0 atom stereocenters. The van der Waals surface area contributed by atoms with Gasteiger partial charge in [0.15, 0.2) is 0 Å². The molecule has 0 saturated heterocycles. The molecule has 5 rings (SSSR count). The third-order valence-corrected chi connectivity index (χ3v) is 6.04. The van der Waals surface area contributed by atoms with Gasteiger partial charge in [0.05, 0.1) is 10.9 Å². The number of allylic oxidation sites excluding steroid dienone is 1. The van der Waals surface area contributed by atoms with E-state index in [1.807, 2.05) is 41.8 Å². The number of thiophene rings is 1. The minimum atomic E-state index is -0.946. The van der Waals surface area contributed by atoms with Gasteiger partial charge in [-0.3, -0.25) is 9.36 Å². The molecule has 6 heteroatoms. The lowest BCUT2D eigenvalue weighted by Gasteiger charge is -2.05. The molecule has 142 valence electrons. The Hall–Kier alpha value is -3.51. The van der Waals surface area contributed by atoms with Gasteiger partial charge in [0, 0.05) is 17.5 Å². The van der Waals surface area contributed by atoms with E-state index >= 15 is 0 Å². The highest BCUT2D eigenvalue weighted by atomic mass is 32.1. The molecule has 1 aliphatic heterocycles. The average molecular weight is 400 g/mol. The van der Waals surface area contributed by atoms with Gasteiger partial charge in [-0.2, -0.15) is 0 Å². The maximum absolute atomic E-state index is 13.2.